The third-order valence-corrected chi connectivity index (χ3v) is 5.19. The van der Waals surface area contributed by atoms with E-state index in [2.05, 4.69) is 32.2 Å². The number of hydrogen-bond donors (Lipinski definition) is 2. The SMILES string of the molecule is Cl.Cl.Oc1ccc(Br)cc1[C@@H](C1CCCC1)N1CCNCC1. The number of benzene rings is 1. The third kappa shape index (κ3) is 4.51. The molecule has 3 nitrogen and oxygen atoms in total. The first-order valence-electron chi connectivity index (χ1n) is 7.69. The first-order valence-corrected chi connectivity index (χ1v) is 8.48. The fraction of sp³-hybridized carbons (Fsp3) is 0.625. The summed E-state index contributed by atoms with van der Waals surface area (Å²) in [6.07, 6.45) is 5.26. The molecule has 0 aromatic heterocycles. The Labute approximate surface area is 153 Å². The van der Waals surface area contributed by atoms with Gasteiger partial charge in [-0.1, -0.05) is 28.8 Å². The molecule has 0 radical (unpaired) electrons. The summed E-state index contributed by atoms with van der Waals surface area (Å²) in [6.45, 7) is 4.26. The van der Waals surface area contributed by atoms with Gasteiger partial charge in [0, 0.05) is 42.3 Å². The molecule has 0 amide bonds. The molecule has 1 saturated heterocycles. The normalized spacial score (nSPS) is 21.0. The van der Waals surface area contributed by atoms with Crippen LogP contribution in [0.1, 0.15) is 37.3 Å². The molecule has 0 bridgehead atoms. The molecular formula is C16H25BrCl2N2O. The summed E-state index contributed by atoms with van der Waals surface area (Å²) < 4.78 is 1.06. The van der Waals surface area contributed by atoms with Gasteiger partial charge in [0.05, 0.1) is 0 Å². The second kappa shape index (κ2) is 9.33. The third-order valence-electron chi connectivity index (χ3n) is 4.70. The minimum Gasteiger partial charge on any atom is -0.508 e. The summed E-state index contributed by atoms with van der Waals surface area (Å²) in [5, 5.41) is 13.8. The fourth-order valence-electron chi connectivity index (χ4n) is 3.74. The van der Waals surface area contributed by atoms with Gasteiger partial charge in [-0.25, -0.2) is 0 Å². The van der Waals surface area contributed by atoms with Crippen molar-refractivity contribution in [3.05, 3.63) is 28.2 Å². The van der Waals surface area contributed by atoms with Crippen molar-refractivity contribution in [3.8, 4) is 5.75 Å². The zero-order chi connectivity index (χ0) is 13.9. The highest BCUT2D eigenvalue weighted by Gasteiger charge is 2.33. The van der Waals surface area contributed by atoms with Gasteiger partial charge in [0.15, 0.2) is 0 Å². The summed E-state index contributed by atoms with van der Waals surface area (Å²) in [7, 11) is 0. The van der Waals surface area contributed by atoms with Crippen molar-refractivity contribution in [1.82, 2.24) is 10.2 Å². The zero-order valence-corrected chi connectivity index (χ0v) is 15.9. The Morgan fingerprint density at radius 3 is 2.41 bits per heavy atom. The molecule has 0 unspecified atom stereocenters. The summed E-state index contributed by atoms with van der Waals surface area (Å²) >= 11 is 3.56. The quantitative estimate of drug-likeness (QED) is 0.784. The van der Waals surface area contributed by atoms with Crippen LogP contribution in [0, 0.1) is 5.92 Å². The first kappa shape index (κ1) is 20.0. The molecular weight excluding hydrogens is 387 g/mol. The molecule has 1 aromatic rings. The summed E-state index contributed by atoms with van der Waals surface area (Å²) in [5.41, 5.74) is 1.10. The Morgan fingerprint density at radius 1 is 1.14 bits per heavy atom. The molecule has 1 aliphatic heterocycles. The van der Waals surface area contributed by atoms with E-state index in [4.69, 9.17) is 0 Å². The van der Waals surface area contributed by atoms with Crippen molar-refractivity contribution in [2.75, 3.05) is 26.2 Å². The highest BCUT2D eigenvalue weighted by atomic mass is 79.9. The van der Waals surface area contributed by atoms with E-state index in [9.17, 15) is 5.11 Å². The fourth-order valence-corrected chi connectivity index (χ4v) is 4.12. The van der Waals surface area contributed by atoms with Crippen LogP contribution in [0.2, 0.25) is 0 Å². The van der Waals surface area contributed by atoms with Gasteiger partial charge in [-0.15, -0.1) is 24.8 Å². The van der Waals surface area contributed by atoms with Crippen LogP contribution in [0.25, 0.3) is 0 Å². The average Bonchev–Trinajstić information content (AvgIpc) is 2.98. The number of rotatable bonds is 3. The predicted octanol–water partition coefficient (Wildman–Crippen LogP) is 4.13. The number of nitrogens with one attached hydrogen (secondary N) is 1. The lowest BCUT2D eigenvalue weighted by Crippen LogP contribution is -2.46. The molecule has 22 heavy (non-hydrogen) atoms. The molecule has 1 heterocycles. The van der Waals surface area contributed by atoms with Gasteiger partial charge in [0.1, 0.15) is 5.75 Å². The minimum absolute atomic E-state index is 0. The van der Waals surface area contributed by atoms with Crippen LogP contribution < -0.4 is 5.32 Å². The maximum atomic E-state index is 10.3. The topological polar surface area (TPSA) is 35.5 Å². The van der Waals surface area contributed by atoms with Crippen molar-refractivity contribution < 1.29 is 5.11 Å². The van der Waals surface area contributed by atoms with E-state index < -0.39 is 0 Å². The van der Waals surface area contributed by atoms with E-state index in [1.54, 1.807) is 0 Å². The number of piperazine rings is 1. The van der Waals surface area contributed by atoms with Gasteiger partial charge in [-0.3, -0.25) is 4.90 Å². The van der Waals surface area contributed by atoms with Crippen LogP contribution in [0.15, 0.2) is 22.7 Å². The van der Waals surface area contributed by atoms with Crippen molar-refractivity contribution in [1.29, 1.82) is 0 Å². The van der Waals surface area contributed by atoms with Crippen LogP contribution in [0.4, 0.5) is 0 Å². The minimum atomic E-state index is 0. The van der Waals surface area contributed by atoms with E-state index in [0.29, 0.717) is 17.7 Å². The van der Waals surface area contributed by atoms with Crippen LogP contribution in [0.5, 0.6) is 5.75 Å². The number of halogens is 3. The van der Waals surface area contributed by atoms with Gasteiger partial charge in [0.2, 0.25) is 0 Å². The molecule has 6 heteroatoms. The maximum absolute atomic E-state index is 10.3. The standard InChI is InChI=1S/C16H23BrN2O.2ClH/c17-13-5-6-15(20)14(11-13)16(12-3-1-2-4-12)19-9-7-18-8-10-19;;/h5-6,11-12,16,18,20H,1-4,7-10H2;2*1H/t16-;;/m1../s1. The number of nitrogens with zero attached hydrogens (tertiary/aromatic N) is 1. The second-order valence-corrected chi connectivity index (χ2v) is 6.89. The molecule has 126 valence electrons. The van der Waals surface area contributed by atoms with Gasteiger partial charge in [0.25, 0.3) is 0 Å². The lowest BCUT2D eigenvalue weighted by atomic mass is 9.89. The molecule has 1 aromatic carbocycles. The predicted molar refractivity (Wildman–Crippen MR) is 99.4 cm³/mol. The van der Waals surface area contributed by atoms with Crippen LogP contribution in [-0.2, 0) is 0 Å². The largest absolute Gasteiger partial charge is 0.508 e. The van der Waals surface area contributed by atoms with Crippen molar-refractivity contribution in [2.24, 2.45) is 5.92 Å². The van der Waals surface area contributed by atoms with Gasteiger partial charge < -0.3 is 10.4 Å². The lowest BCUT2D eigenvalue weighted by molar-refractivity contribution is 0.123. The van der Waals surface area contributed by atoms with Crippen molar-refractivity contribution in [3.63, 3.8) is 0 Å². The molecule has 2 aliphatic rings. The van der Waals surface area contributed by atoms with Crippen LogP contribution in [0.3, 0.4) is 0 Å². The van der Waals surface area contributed by atoms with Gasteiger partial charge in [-0.05, 0) is 37.0 Å². The van der Waals surface area contributed by atoms with E-state index >= 15 is 0 Å². The molecule has 1 atom stereocenters. The van der Waals surface area contributed by atoms with E-state index in [-0.39, 0.29) is 24.8 Å². The Kier molecular flexibility index (Phi) is 8.50. The number of aromatic hydroxyl groups is 1. The summed E-state index contributed by atoms with van der Waals surface area (Å²) in [6, 6.07) is 6.23. The smallest absolute Gasteiger partial charge is 0.120 e. The van der Waals surface area contributed by atoms with E-state index in [1.165, 1.54) is 25.7 Å². The highest BCUT2D eigenvalue weighted by molar-refractivity contribution is 9.10. The van der Waals surface area contributed by atoms with Gasteiger partial charge in [-0.2, -0.15) is 0 Å². The first-order chi connectivity index (χ1) is 9.75. The number of hydrogen-bond acceptors (Lipinski definition) is 3. The van der Waals surface area contributed by atoms with Gasteiger partial charge >= 0.3 is 0 Å². The lowest BCUT2D eigenvalue weighted by Gasteiger charge is -2.39. The Morgan fingerprint density at radius 2 is 1.77 bits per heavy atom. The molecule has 2 N–H and O–H groups in total. The monoisotopic (exact) mass is 410 g/mol. The van der Waals surface area contributed by atoms with E-state index in [0.717, 1.165) is 36.2 Å². The van der Waals surface area contributed by atoms with E-state index in [1.807, 2.05) is 12.1 Å². The molecule has 1 saturated carbocycles. The van der Waals surface area contributed by atoms with Crippen molar-refractivity contribution in [2.45, 2.75) is 31.7 Å². The Bertz CT molecular complexity index is 463. The molecule has 2 fully saturated rings. The van der Waals surface area contributed by atoms with Crippen molar-refractivity contribution >= 4 is 40.7 Å². The molecule has 0 spiro atoms. The maximum Gasteiger partial charge on any atom is 0.120 e. The summed E-state index contributed by atoms with van der Waals surface area (Å²) in [5.74, 6) is 1.14. The summed E-state index contributed by atoms with van der Waals surface area (Å²) in [4.78, 5) is 2.56. The second-order valence-electron chi connectivity index (χ2n) is 5.98. The Balaban J connectivity index is 0.00000121. The molecule has 3 rings (SSSR count). The highest BCUT2D eigenvalue weighted by Crippen LogP contribution is 2.43. The van der Waals surface area contributed by atoms with Crippen LogP contribution in [-0.4, -0.2) is 36.2 Å². The average molecular weight is 412 g/mol. The number of phenols is 1. The van der Waals surface area contributed by atoms with Crippen LogP contribution >= 0.6 is 40.7 Å². The number of phenolic OH excluding ortho intramolecular Hbond substituents is 1. The Hall–Kier alpha value is -0.0000000000000000971. The zero-order valence-electron chi connectivity index (χ0n) is 12.6. The molecule has 1 aliphatic carbocycles.